The van der Waals surface area contributed by atoms with Crippen LogP contribution in [0.25, 0.3) is 109 Å². The van der Waals surface area contributed by atoms with Crippen LogP contribution in [0.5, 0.6) is 0 Å². The number of fused-ring (bicyclic) bond motifs is 9. The molecule has 0 aliphatic carbocycles. The van der Waals surface area contributed by atoms with Gasteiger partial charge in [-0.2, -0.15) is 0 Å². The standard InChI is InChI=1S/C45H25N3O2S/c1-2-11-26(12-3-1)43-46-44(48-45(47-43)35-19-9-18-33-29-13-5-7-22-39(29)51-42(33)35)27-23-24-28-31-16-8-17-32(41(31)50-38(28)25-27)30-15-10-21-37-40(30)34-14-4-6-20-36(34)49-37/h1-25H/i8D,16D,17D,23D,24D,25D. The van der Waals surface area contributed by atoms with Gasteiger partial charge in [0.05, 0.1) is 8.22 Å². The summed E-state index contributed by atoms with van der Waals surface area (Å²) in [4.78, 5) is 14.7. The van der Waals surface area contributed by atoms with Crippen LogP contribution in [0.4, 0.5) is 0 Å². The third kappa shape index (κ3) is 4.37. The second kappa shape index (κ2) is 10.9. The van der Waals surface area contributed by atoms with Crippen molar-refractivity contribution in [3.8, 4) is 45.3 Å². The first kappa shape index (κ1) is 22.9. The smallest absolute Gasteiger partial charge is 0.165 e. The summed E-state index contributed by atoms with van der Waals surface area (Å²) in [5, 5.41) is 3.81. The topological polar surface area (TPSA) is 65.0 Å². The van der Waals surface area contributed by atoms with Crippen molar-refractivity contribution in [2.24, 2.45) is 0 Å². The minimum absolute atomic E-state index is 0.0196. The maximum absolute atomic E-state index is 9.60. The predicted octanol–water partition coefficient (Wildman–Crippen LogP) is 12.7. The number of thiophene rings is 1. The summed E-state index contributed by atoms with van der Waals surface area (Å²) in [5.41, 5.74) is 3.44. The zero-order chi connectivity index (χ0) is 38.7. The van der Waals surface area contributed by atoms with Gasteiger partial charge in [-0.3, -0.25) is 0 Å². The Bertz CT molecular complexity index is 3510. The van der Waals surface area contributed by atoms with Crippen LogP contribution in [0, 0.1) is 0 Å². The highest BCUT2D eigenvalue weighted by atomic mass is 32.1. The number of hydrogen-bond acceptors (Lipinski definition) is 6. The fourth-order valence-corrected chi connectivity index (χ4v) is 8.16. The van der Waals surface area contributed by atoms with Gasteiger partial charge in [0, 0.05) is 64.0 Å². The van der Waals surface area contributed by atoms with Crippen LogP contribution >= 0.6 is 11.3 Å². The first-order chi connectivity index (χ1) is 27.8. The molecule has 0 saturated heterocycles. The van der Waals surface area contributed by atoms with Crippen molar-refractivity contribution in [2.45, 2.75) is 0 Å². The highest BCUT2D eigenvalue weighted by molar-refractivity contribution is 7.26. The normalized spacial score (nSPS) is 13.6. The van der Waals surface area contributed by atoms with Gasteiger partial charge in [-0.05, 0) is 41.9 Å². The zero-order valence-corrected chi connectivity index (χ0v) is 27.4. The highest BCUT2D eigenvalue weighted by Gasteiger charge is 2.20. The number of rotatable bonds is 4. The van der Waals surface area contributed by atoms with E-state index in [9.17, 15) is 4.11 Å². The molecule has 0 spiro atoms. The number of nitrogens with zero attached hydrogens (tertiary/aromatic N) is 3. The van der Waals surface area contributed by atoms with Crippen molar-refractivity contribution in [3.63, 3.8) is 0 Å². The third-order valence-corrected chi connectivity index (χ3v) is 10.5. The van der Waals surface area contributed by atoms with E-state index in [0.29, 0.717) is 39.3 Å². The van der Waals surface area contributed by atoms with Crippen LogP contribution in [-0.4, -0.2) is 15.0 Å². The molecule has 238 valence electrons. The molecule has 0 saturated carbocycles. The molecule has 4 aromatic heterocycles. The minimum atomic E-state index is -0.364. The lowest BCUT2D eigenvalue weighted by Crippen LogP contribution is -2.00. The summed E-state index contributed by atoms with van der Waals surface area (Å²) in [6, 6.07) is 34.7. The van der Waals surface area contributed by atoms with Gasteiger partial charge >= 0.3 is 0 Å². The summed E-state index contributed by atoms with van der Waals surface area (Å²) in [7, 11) is 0. The second-order valence-electron chi connectivity index (χ2n) is 12.2. The van der Waals surface area contributed by atoms with Gasteiger partial charge < -0.3 is 8.83 Å². The number of aromatic nitrogens is 3. The van der Waals surface area contributed by atoms with Gasteiger partial charge in [0.1, 0.15) is 22.3 Å². The molecule has 51 heavy (non-hydrogen) atoms. The van der Waals surface area contributed by atoms with E-state index in [4.69, 9.17) is 27.9 Å². The molecule has 0 N–H and O–H groups in total. The molecule has 7 aromatic carbocycles. The Balaban J connectivity index is 1.21. The molecule has 5 nitrogen and oxygen atoms in total. The molecule has 0 atom stereocenters. The number of benzene rings is 7. The summed E-state index contributed by atoms with van der Waals surface area (Å²) in [5.74, 6) is 0.698. The lowest BCUT2D eigenvalue weighted by Gasteiger charge is -2.09. The molecule has 0 fully saturated rings. The maximum atomic E-state index is 9.60. The van der Waals surface area contributed by atoms with Gasteiger partial charge in [-0.1, -0.05) is 115 Å². The molecule has 0 aliphatic rings. The fraction of sp³-hybridized carbons (Fsp3) is 0. The van der Waals surface area contributed by atoms with Crippen molar-refractivity contribution in [3.05, 3.63) is 152 Å². The number of furan rings is 2. The molecule has 0 radical (unpaired) electrons. The maximum Gasteiger partial charge on any atom is 0.165 e. The molecule has 0 unspecified atom stereocenters. The average molecular weight is 678 g/mol. The number of hydrogen-bond donors (Lipinski definition) is 0. The second-order valence-corrected chi connectivity index (χ2v) is 13.3. The average Bonchev–Trinajstić information content (AvgIpc) is 3.95. The Morgan fingerprint density at radius 1 is 0.471 bits per heavy atom. The molecule has 11 aromatic rings. The SMILES string of the molecule is [2H]c1c([2H])c([2H])c2c(oc3c([2H])c(-c4nc(-c5ccccc5)nc(-c5cccc6c5sc5ccccc56)n4)c([2H])c([2H])c32)c1-c1cccc2oc3ccccc3c12. The van der Waals surface area contributed by atoms with Crippen LogP contribution in [0.3, 0.4) is 0 Å². The first-order valence-corrected chi connectivity index (χ1v) is 17.2. The van der Waals surface area contributed by atoms with Gasteiger partial charge in [0.15, 0.2) is 17.5 Å². The van der Waals surface area contributed by atoms with Crippen molar-refractivity contribution in [1.82, 2.24) is 15.0 Å². The highest BCUT2D eigenvalue weighted by Crippen LogP contribution is 2.43. The van der Waals surface area contributed by atoms with E-state index in [1.165, 1.54) is 0 Å². The quantitative estimate of drug-likeness (QED) is 0.185. The van der Waals surface area contributed by atoms with E-state index in [1.807, 2.05) is 91.0 Å². The van der Waals surface area contributed by atoms with E-state index < -0.39 is 0 Å². The molecule has 6 heteroatoms. The Morgan fingerprint density at radius 3 is 2.12 bits per heavy atom. The fourth-order valence-electron chi connectivity index (χ4n) is 6.95. The summed E-state index contributed by atoms with van der Waals surface area (Å²) in [6.07, 6.45) is 0. The monoisotopic (exact) mass is 677 g/mol. The van der Waals surface area contributed by atoms with E-state index in [1.54, 1.807) is 17.4 Å². The molecule has 0 amide bonds. The summed E-state index contributed by atoms with van der Waals surface area (Å²) in [6.45, 7) is 0. The van der Waals surface area contributed by atoms with Gasteiger partial charge in [0.2, 0.25) is 0 Å². The predicted molar refractivity (Wildman–Crippen MR) is 209 cm³/mol. The van der Waals surface area contributed by atoms with E-state index in [0.717, 1.165) is 31.1 Å². The Labute approximate surface area is 303 Å². The van der Waals surface area contributed by atoms with Crippen LogP contribution in [0.15, 0.2) is 160 Å². The van der Waals surface area contributed by atoms with E-state index in [2.05, 4.69) is 18.2 Å². The molecule has 0 bridgehead atoms. The van der Waals surface area contributed by atoms with Crippen LogP contribution in [-0.2, 0) is 0 Å². The number of para-hydroxylation sites is 2. The lowest BCUT2D eigenvalue weighted by atomic mass is 9.97. The van der Waals surface area contributed by atoms with Crippen molar-refractivity contribution >= 4 is 75.4 Å². The molecule has 4 heterocycles. The Morgan fingerprint density at radius 2 is 1.20 bits per heavy atom. The largest absolute Gasteiger partial charge is 0.456 e. The van der Waals surface area contributed by atoms with Gasteiger partial charge in [-0.15, -0.1) is 11.3 Å². The molecular weight excluding hydrogens is 647 g/mol. The third-order valence-electron chi connectivity index (χ3n) is 9.27. The lowest BCUT2D eigenvalue weighted by molar-refractivity contribution is 0.668. The molecule has 11 rings (SSSR count). The van der Waals surface area contributed by atoms with Gasteiger partial charge in [-0.25, -0.2) is 15.0 Å². The van der Waals surface area contributed by atoms with Crippen LogP contribution < -0.4 is 0 Å². The van der Waals surface area contributed by atoms with Crippen molar-refractivity contribution < 1.29 is 17.1 Å². The van der Waals surface area contributed by atoms with E-state index in [-0.39, 0.29) is 75.1 Å². The Kier molecular flexibility index (Phi) is 4.91. The molecular formula is C45H25N3O2S. The minimum Gasteiger partial charge on any atom is -0.456 e. The summed E-state index contributed by atoms with van der Waals surface area (Å²) < 4.78 is 70.2. The van der Waals surface area contributed by atoms with Crippen LogP contribution in [0.2, 0.25) is 0 Å². The zero-order valence-electron chi connectivity index (χ0n) is 32.5. The van der Waals surface area contributed by atoms with Crippen molar-refractivity contribution in [1.29, 1.82) is 0 Å². The van der Waals surface area contributed by atoms with Crippen LogP contribution in [0.1, 0.15) is 8.22 Å². The summed E-state index contributed by atoms with van der Waals surface area (Å²) >= 11 is 1.63. The molecule has 0 aliphatic heterocycles. The van der Waals surface area contributed by atoms with Gasteiger partial charge in [0.25, 0.3) is 0 Å². The van der Waals surface area contributed by atoms with E-state index >= 15 is 0 Å². The first-order valence-electron chi connectivity index (χ1n) is 19.4. The Hall–Kier alpha value is -6.63. The van der Waals surface area contributed by atoms with Crippen molar-refractivity contribution in [2.75, 3.05) is 0 Å².